The summed E-state index contributed by atoms with van der Waals surface area (Å²) in [6.07, 6.45) is 2.03. The highest BCUT2D eigenvalue weighted by Gasteiger charge is 2.29. The molecule has 0 unspecified atom stereocenters. The van der Waals surface area contributed by atoms with Gasteiger partial charge in [0.15, 0.2) is 0 Å². The zero-order chi connectivity index (χ0) is 13.9. The van der Waals surface area contributed by atoms with Crippen LogP contribution in [0.25, 0.3) is 0 Å². The Bertz CT molecular complexity index is 549. The molecule has 0 amide bonds. The topological polar surface area (TPSA) is 30.3 Å². The number of nitrogens with zero attached hydrogens (tertiary/aromatic N) is 3. The Hall–Kier alpha value is -1.17. The van der Waals surface area contributed by atoms with E-state index < -0.39 is 0 Å². The van der Waals surface area contributed by atoms with Crippen LogP contribution in [-0.4, -0.2) is 34.9 Å². The fourth-order valence-electron chi connectivity index (χ4n) is 3.06. The van der Waals surface area contributed by atoms with Gasteiger partial charge in [0.1, 0.15) is 0 Å². The third-order valence-electron chi connectivity index (χ3n) is 3.85. The van der Waals surface area contributed by atoms with Crippen LogP contribution in [0.4, 0.5) is 0 Å². The van der Waals surface area contributed by atoms with E-state index in [1.54, 1.807) is 7.11 Å². The summed E-state index contributed by atoms with van der Waals surface area (Å²) < 4.78 is 7.55. The number of aryl methyl sites for hydroxylation is 1. The number of methoxy groups -OCH3 is 1. The van der Waals surface area contributed by atoms with E-state index in [0.29, 0.717) is 5.92 Å². The van der Waals surface area contributed by atoms with E-state index in [2.05, 4.69) is 39.1 Å². The first-order valence-corrected chi connectivity index (χ1v) is 7.98. The van der Waals surface area contributed by atoms with Crippen molar-refractivity contribution >= 4 is 11.3 Å². The number of hydrogen-bond donors (Lipinski definition) is 0. The maximum absolute atomic E-state index is 5.43. The van der Waals surface area contributed by atoms with Gasteiger partial charge in [-0.1, -0.05) is 6.07 Å². The molecule has 0 bridgehead atoms. The second-order valence-electron chi connectivity index (χ2n) is 5.27. The van der Waals surface area contributed by atoms with Gasteiger partial charge >= 0.3 is 0 Å². The molecule has 5 heteroatoms. The van der Waals surface area contributed by atoms with Crippen molar-refractivity contribution in [3.8, 4) is 0 Å². The zero-order valence-electron chi connectivity index (χ0n) is 12.1. The predicted molar refractivity (Wildman–Crippen MR) is 81.0 cm³/mol. The molecule has 108 valence electrons. The largest absolute Gasteiger partial charge is 0.384 e. The maximum Gasteiger partial charge on any atom is 0.0558 e. The molecule has 20 heavy (non-hydrogen) atoms. The molecule has 0 N–H and O–H groups in total. The van der Waals surface area contributed by atoms with Crippen LogP contribution in [0.5, 0.6) is 0 Å². The summed E-state index contributed by atoms with van der Waals surface area (Å²) in [7, 11) is 1.78. The molecule has 1 aliphatic rings. The fraction of sp³-hybridized carbons (Fsp3) is 0.533. The van der Waals surface area contributed by atoms with E-state index in [1.807, 2.05) is 17.5 Å². The number of aromatic nitrogens is 2. The molecule has 0 saturated heterocycles. The molecule has 1 atom stereocenters. The molecule has 0 spiro atoms. The number of rotatable bonds is 5. The molecule has 0 fully saturated rings. The van der Waals surface area contributed by atoms with Crippen molar-refractivity contribution in [2.24, 2.45) is 0 Å². The third-order valence-corrected chi connectivity index (χ3v) is 4.71. The zero-order valence-corrected chi connectivity index (χ0v) is 12.9. The van der Waals surface area contributed by atoms with Crippen LogP contribution >= 0.6 is 11.3 Å². The molecular formula is C15H21N3OS. The summed E-state index contributed by atoms with van der Waals surface area (Å²) in [6, 6.07) is 4.33. The first-order chi connectivity index (χ1) is 9.81. The van der Waals surface area contributed by atoms with Gasteiger partial charge in [0.25, 0.3) is 0 Å². The van der Waals surface area contributed by atoms with Crippen molar-refractivity contribution in [3.05, 3.63) is 39.8 Å². The molecule has 0 radical (unpaired) electrons. The molecule has 4 nitrogen and oxygen atoms in total. The number of fused-ring (bicyclic) bond motifs is 1. The Morgan fingerprint density at radius 1 is 1.50 bits per heavy atom. The van der Waals surface area contributed by atoms with Gasteiger partial charge in [-0.15, -0.1) is 11.3 Å². The minimum atomic E-state index is 0.422. The van der Waals surface area contributed by atoms with Crippen LogP contribution in [0.1, 0.15) is 29.0 Å². The van der Waals surface area contributed by atoms with Gasteiger partial charge < -0.3 is 4.74 Å². The Morgan fingerprint density at radius 3 is 3.10 bits per heavy atom. The highest BCUT2D eigenvalue weighted by atomic mass is 32.1. The average Bonchev–Trinajstić information content (AvgIpc) is 3.08. The van der Waals surface area contributed by atoms with Gasteiger partial charge in [0, 0.05) is 55.3 Å². The van der Waals surface area contributed by atoms with Gasteiger partial charge in [-0.2, -0.15) is 5.10 Å². The Morgan fingerprint density at radius 2 is 2.40 bits per heavy atom. The minimum Gasteiger partial charge on any atom is -0.384 e. The molecule has 3 heterocycles. The van der Waals surface area contributed by atoms with Crippen molar-refractivity contribution in [2.75, 3.05) is 20.3 Å². The molecule has 1 aliphatic heterocycles. The molecule has 2 aromatic heterocycles. The summed E-state index contributed by atoms with van der Waals surface area (Å²) in [5.74, 6) is 0.422. The Balaban J connectivity index is 1.81. The highest BCUT2D eigenvalue weighted by Crippen LogP contribution is 2.30. The summed E-state index contributed by atoms with van der Waals surface area (Å²) in [6.45, 7) is 6.90. The van der Waals surface area contributed by atoms with Crippen molar-refractivity contribution in [1.29, 1.82) is 0 Å². The van der Waals surface area contributed by atoms with Gasteiger partial charge in [-0.25, -0.2) is 0 Å². The molecule has 3 rings (SSSR count). The van der Waals surface area contributed by atoms with Crippen LogP contribution in [-0.2, 0) is 24.4 Å². The third kappa shape index (κ3) is 2.66. The smallest absolute Gasteiger partial charge is 0.0558 e. The van der Waals surface area contributed by atoms with Gasteiger partial charge in [-0.05, 0) is 18.4 Å². The molecule has 2 aromatic rings. The molecule has 0 aromatic carbocycles. The van der Waals surface area contributed by atoms with E-state index in [-0.39, 0.29) is 0 Å². The van der Waals surface area contributed by atoms with Crippen molar-refractivity contribution in [1.82, 2.24) is 14.7 Å². The van der Waals surface area contributed by atoms with Crippen molar-refractivity contribution in [2.45, 2.75) is 32.5 Å². The number of ether oxygens (including phenoxy) is 1. The summed E-state index contributed by atoms with van der Waals surface area (Å²) >= 11 is 1.83. The lowest BCUT2D eigenvalue weighted by Crippen LogP contribution is -2.35. The Kier molecular flexibility index (Phi) is 4.19. The second-order valence-corrected chi connectivity index (χ2v) is 6.30. The van der Waals surface area contributed by atoms with Crippen LogP contribution < -0.4 is 0 Å². The van der Waals surface area contributed by atoms with E-state index in [1.165, 1.54) is 16.1 Å². The highest BCUT2D eigenvalue weighted by molar-refractivity contribution is 7.09. The van der Waals surface area contributed by atoms with E-state index in [9.17, 15) is 0 Å². The maximum atomic E-state index is 5.43. The molecule has 0 aliphatic carbocycles. The van der Waals surface area contributed by atoms with E-state index in [4.69, 9.17) is 4.74 Å². The summed E-state index contributed by atoms with van der Waals surface area (Å²) in [5, 5.41) is 6.66. The van der Waals surface area contributed by atoms with Crippen LogP contribution in [0.2, 0.25) is 0 Å². The standard InChI is InChI=1S/C15H21N3OS/c1-3-18-15-12(7-16-18)8-17(9-13(15)11-19-2)10-14-5-4-6-20-14/h4-7,13H,3,8-11H2,1-2H3/t13-/m0/s1. The Labute approximate surface area is 124 Å². The van der Waals surface area contributed by atoms with E-state index in [0.717, 1.165) is 32.8 Å². The number of hydrogen-bond acceptors (Lipinski definition) is 4. The van der Waals surface area contributed by atoms with Gasteiger partial charge in [-0.3, -0.25) is 9.58 Å². The first kappa shape index (κ1) is 13.8. The normalized spacial score (nSPS) is 19.2. The van der Waals surface area contributed by atoms with Crippen LogP contribution in [0.15, 0.2) is 23.7 Å². The number of thiophene rings is 1. The fourth-order valence-corrected chi connectivity index (χ4v) is 3.81. The lowest BCUT2D eigenvalue weighted by molar-refractivity contribution is 0.132. The minimum absolute atomic E-state index is 0.422. The van der Waals surface area contributed by atoms with Crippen LogP contribution in [0.3, 0.4) is 0 Å². The lowest BCUT2D eigenvalue weighted by Gasteiger charge is -2.32. The quantitative estimate of drug-likeness (QED) is 0.848. The van der Waals surface area contributed by atoms with Crippen molar-refractivity contribution < 1.29 is 4.74 Å². The molecular weight excluding hydrogens is 270 g/mol. The second kappa shape index (κ2) is 6.08. The molecule has 0 saturated carbocycles. The first-order valence-electron chi connectivity index (χ1n) is 7.10. The van der Waals surface area contributed by atoms with E-state index >= 15 is 0 Å². The summed E-state index contributed by atoms with van der Waals surface area (Å²) in [4.78, 5) is 3.92. The van der Waals surface area contributed by atoms with Gasteiger partial charge in [0.2, 0.25) is 0 Å². The average molecular weight is 291 g/mol. The monoisotopic (exact) mass is 291 g/mol. The van der Waals surface area contributed by atoms with Crippen LogP contribution in [0, 0.1) is 0 Å². The predicted octanol–water partition coefficient (Wildman–Crippen LogP) is 2.71. The lowest BCUT2D eigenvalue weighted by atomic mass is 9.97. The SMILES string of the molecule is CCn1ncc2c1[C@H](COC)CN(Cc1cccs1)C2. The van der Waals surface area contributed by atoms with Gasteiger partial charge in [0.05, 0.1) is 12.8 Å². The summed E-state index contributed by atoms with van der Waals surface area (Å²) in [5.41, 5.74) is 2.73. The van der Waals surface area contributed by atoms with Crippen molar-refractivity contribution in [3.63, 3.8) is 0 Å².